The van der Waals surface area contributed by atoms with E-state index in [2.05, 4.69) is 10.6 Å². The number of benzene rings is 3. The first-order valence-corrected chi connectivity index (χ1v) is 9.98. The highest BCUT2D eigenvalue weighted by Gasteiger charge is 2.41. The van der Waals surface area contributed by atoms with Gasteiger partial charge in [0.05, 0.1) is 28.1 Å². The molecule has 30 heavy (non-hydrogen) atoms. The number of phenolic OH excluding ortho intramolecular Hbond substituents is 1. The SMILES string of the molecule is O=C1c2cccc(O)c2C(=O)c2c1c(-c1ccccc1)n1c2-c2ccccc2CC1. The molecule has 0 spiro atoms. The normalized spacial score (nSPS) is 14.0. The summed E-state index contributed by atoms with van der Waals surface area (Å²) in [5.74, 6) is -0.657. The van der Waals surface area contributed by atoms with E-state index in [9.17, 15) is 14.7 Å². The fourth-order valence-corrected chi connectivity index (χ4v) is 4.89. The summed E-state index contributed by atoms with van der Waals surface area (Å²) in [6, 6.07) is 22.5. The summed E-state index contributed by atoms with van der Waals surface area (Å²) in [6.45, 7) is 0.687. The number of nitrogens with zero attached hydrogens (tertiary/aromatic N) is 1. The van der Waals surface area contributed by atoms with Crippen molar-refractivity contribution in [1.29, 1.82) is 0 Å². The second kappa shape index (κ2) is 6.04. The minimum Gasteiger partial charge on any atom is -0.507 e. The highest BCUT2D eigenvalue weighted by Crippen LogP contribution is 2.46. The van der Waals surface area contributed by atoms with Crippen LogP contribution in [-0.4, -0.2) is 21.2 Å². The van der Waals surface area contributed by atoms with Crippen LogP contribution < -0.4 is 0 Å². The number of carbonyl (C=O) groups excluding carboxylic acids is 2. The number of carbonyl (C=O) groups is 2. The molecule has 1 aliphatic carbocycles. The molecule has 144 valence electrons. The summed E-state index contributed by atoms with van der Waals surface area (Å²) in [4.78, 5) is 27.3. The number of fused-ring (bicyclic) bond motifs is 6. The van der Waals surface area contributed by atoms with Crippen molar-refractivity contribution in [3.8, 4) is 28.3 Å². The second-order valence-corrected chi connectivity index (χ2v) is 7.73. The van der Waals surface area contributed by atoms with E-state index in [0.717, 1.165) is 34.5 Å². The number of aryl methyl sites for hydroxylation is 1. The Morgan fingerprint density at radius 1 is 0.667 bits per heavy atom. The molecule has 0 bridgehead atoms. The second-order valence-electron chi connectivity index (χ2n) is 7.73. The Morgan fingerprint density at radius 2 is 1.37 bits per heavy atom. The minimum absolute atomic E-state index is 0.103. The van der Waals surface area contributed by atoms with Gasteiger partial charge in [-0.15, -0.1) is 0 Å². The average molecular weight is 391 g/mol. The number of ketones is 2. The first-order chi connectivity index (χ1) is 14.7. The number of rotatable bonds is 1. The zero-order valence-electron chi connectivity index (χ0n) is 16.1. The van der Waals surface area contributed by atoms with Gasteiger partial charge in [0.2, 0.25) is 0 Å². The number of aromatic hydroxyl groups is 1. The molecule has 1 aliphatic heterocycles. The van der Waals surface area contributed by atoms with Crippen LogP contribution in [0.5, 0.6) is 5.75 Å². The van der Waals surface area contributed by atoms with Crippen molar-refractivity contribution in [3.63, 3.8) is 0 Å². The number of hydrogen-bond acceptors (Lipinski definition) is 3. The Balaban J connectivity index is 1.77. The summed E-state index contributed by atoms with van der Waals surface area (Å²) in [7, 11) is 0. The predicted octanol–water partition coefficient (Wildman–Crippen LogP) is 4.86. The van der Waals surface area contributed by atoms with Gasteiger partial charge in [-0.05, 0) is 23.6 Å². The molecule has 4 aromatic rings. The fraction of sp³-hybridized carbons (Fsp3) is 0.0769. The maximum absolute atomic E-state index is 13.7. The molecule has 0 radical (unpaired) electrons. The number of aromatic nitrogens is 1. The molecule has 4 nitrogen and oxygen atoms in total. The van der Waals surface area contributed by atoms with Crippen molar-refractivity contribution >= 4 is 11.6 Å². The lowest BCUT2D eigenvalue weighted by Crippen LogP contribution is -2.20. The van der Waals surface area contributed by atoms with Crippen LogP contribution in [0.25, 0.3) is 22.5 Å². The standard InChI is InChI=1S/C26H17NO3/c28-19-12-6-11-18-20(19)26(30)22-21(25(18)29)23(16-8-2-1-3-9-16)27-14-13-15-7-4-5-10-17(15)24(22)27/h1-12,28H,13-14H2. The molecule has 3 aromatic carbocycles. The molecule has 0 atom stereocenters. The van der Waals surface area contributed by atoms with Gasteiger partial charge in [-0.2, -0.15) is 0 Å². The molecular formula is C26H17NO3. The molecule has 4 heteroatoms. The zero-order valence-corrected chi connectivity index (χ0v) is 16.1. The van der Waals surface area contributed by atoms with E-state index in [0.29, 0.717) is 17.7 Å². The van der Waals surface area contributed by atoms with Crippen molar-refractivity contribution in [2.24, 2.45) is 0 Å². The Labute approximate surface area is 173 Å². The lowest BCUT2D eigenvalue weighted by atomic mass is 9.82. The summed E-state index contributed by atoms with van der Waals surface area (Å²) in [5, 5.41) is 10.4. The quantitative estimate of drug-likeness (QED) is 0.444. The highest BCUT2D eigenvalue weighted by atomic mass is 16.3. The largest absolute Gasteiger partial charge is 0.507 e. The monoisotopic (exact) mass is 391 g/mol. The molecule has 2 heterocycles. The van der Waals surface area contributed by atoms with Gasteiger partial charge >= 0.3 is 0 Å². The molecule has 0 amide bonds. The van der Waals surface area contributed by atoms with E-state index < -0.39 is 0 Å². The van der Waals surface area contributed by atoms with E-state index in [1.807, 2.05) is 48.5 Å². The van der Waals surface area contributed by atoms with Gasteiger partial charge in [-0.25, -0.2) is 0 Å². The number of hydrogen-bond donors (Lipinski definition) is 1. The maximum Gasteiger partial charge on any atom is 0.200 e. The van der Waals surface area contributed by atoms with Crippen LogP contribution in [0.4, 0.5) is 0 Å². The molecule has 1 aromatic heterocycles. The predicted molar refractivity (Wildman–Crippen MR) is 114 cm³/mol. The molecular weight excluding hydrogens is 374 g/mol. The van der Waals surface area contributed by atoms with Crippen LogP contribution in [0.3, 0.4) is 0 Å². The van der Waals surface area contributed by atoms with Crippen molar-refractivity contribution in [2.75, 3.05) is 0 Å². The van der Waals surface area contributed by atoms with Crippen molar-refractivity contribution in [1.82, 2.24) is 4.57 Å². The van der Waals surface area contributed by atoms with Crippen LogP contribution in [0.15, 0.2) is 72.8 Å². The molecule has 0 saturated heterocycles. The summed E-state index contributed by atoms with van der Waals surface area (Å²) >= 11 is 0. The maximum atomic E-state index is 13.7. The van der Waals surface area contributed by atoms with Gasteiger partial charge in [0.1, 0.15) is 5.75 Å². The Bertz CT molecular complexity index is 1380. The lowest BCUT2D eigenvalue weighted by Gasteiger charge is -2.22. The zero-order chi connectivity index (χ0) is 20.4. The molecule has 1 N–H and O–H groups in total. The van der Waals surface area contributed by atoms with Gasteiger partial charge in [0.15, 0.2) is 11.6 Å². The Hall–Kier alpha value is -3.92. The molecule has 0 unspecified atom stereocenters. The van der Waals surface area contributed by atoms with Gasteiger partial charge in [-0.3, -0.25) is 9.59 Å². The third kappa shape index (κ3) is 2.10. The minimum atomic E-state index is -0.291. The van der Waals surface area contributed by atoms with Gasteiger partial charge in [0, 0.05) is 17.7 Å². The molecule has 0 saturated carbocycles. The van der Waals surface area contributed by atoms with Crippen molar-refractivity contribution < 1.29 is 14.7 Å². The Kier molecular flexibility index (Phi) is 3.42. The fourth-order valence-electron chi connectivity index (χ4n) is 4.89. The van der Waals surface area contributed by atoms with Gasteiger partial charge in [0.25, 0.3) is 0 Å². The van der Waals surface area contributed by atoms with E-state index in [4.69, 9.17) is 0 Å². The Morgan fingerprint density at radius 3 is 2.20 bits per heavy atom. The first kappa shape index (κ1) is 17.0. The number of phenols is 1. The topological polar surface area (TPSA) is 59.3 Å². The van der Waals surface area contributed by atoms with Crippen molar-refractivity contribution in [3.05, 3.63) is 101 Å². The summed E-state index contributed by atoms with van der Waals surface area (Å²) < 4.78 is 2.11. The third-order valence-electron chi connectivity index (χ3n) is 6.16. The van der Waals surface area contributed by atoms with Crippen LogP contribution >= 0.6 is 0 Å². The highest BCUT2D eigenvalue weighted by molar-refractivity contribution is 6.33. The van der Waals surface area contributed by atoms with Crippen LogP contribution in [0, 0.1) is 0 Å². The lowest BCUT2D eigenvalue weighted by molar-refractivity contribution is 0.0978. The molecule has 6 rings (SSSR count). The molecule has 0 fully saturated rings. The van der Waals surface area contributed by atoms with Crippen LogP contribution in [0.1, 0.15) is 37.4 Å². The van der Waals surface area contributed by atoms with E-state index in [1.165, 1.54) is 6.07 Å². The summed E-state index contributed by atoms with van der Waals surface area (Å²) in [5.41, 5.74) is 5.81. The van der Waals surface area contributed by atoms with E-state index in [-0.39, 0.29) is 28.4 Å². The van der Waals surface area contributed by atoms with Crippen LogP contribution in [0.2, 0.25) is 0 Å². The van der Waals surface area contributed by atoms with Crippen LogP contribution in [-0.2, 0) is 13.0 Å². The van der Waals surface area contributed by atoms with E-state index in [1.54, 1.807) is 12.1 Å². The van der Waals surface area contributed by atoms with Crippen molar-refractivity contribution in [2.45, 2.75) is 13.0 Å². The molecule has 2 aliphatic rings. The smallest absolute Gasteiger partial charge is 0.200 e. The van der Waals surface area contributed by atoms with E-state index >= 15 is 0 Å². The third-order valence-corrected chi connectivity index (χ3v) is 6.16. The summed E-state index contributed by atoms with van der Waals surface area (Å²) in [6.07, 6.45) is 0.831. The first-order valence-electron chi connectivity index (χ1n) is 9.98. The van der Waals surface area contributed by atoms with Gasteiger partial charge in [-0.1, -0.05) is 66.7 Å². The van der Waals surface area contributed by atoms with Gasteiger partial charge < -0.3 is 9.67 Å². The average Bonchev–Trinajstić information content (AvgIpc) is 3.14.